The second kappa shape index (κ2) is 10.6. The van der Waals surface area contributed by atoms with Gasteiger partial charge in [0.25, 0.3) is 0 Å². The molecule has 0 saturated carbocycles. The number of amides is 1. The van der Waals surface area contributed by atoms with Crippen molar-refractivity contribution in [2.45, 2.75) is 45.2 Å². The molecule has 6 heteroatoms. The summed E-state index contributed by atoms with van der Waals surface area (Å²) < 4.78 is 0. The number of aliphatic imine (C=N–C) groups is 1. The molecule has 0 aliphatic carbocycles. The first-order valence-electron chi connectivity index (χ1n) is 11.1. The lowest BCUT2D eigenvalue weighted by Gasteiger charge is -2.48. The molecule has 1 aromatic carbocycles. The van der Waals surface area contributed by atoms with E-state index >= 15 is 0 Å². The Hall–Kier alpha value is -2.08. The molecule has 2 aliphatic rings. The monoisotopic (exact) mass is 399 g/mol. The highest BCUT2D eigenvalue weighted by Gasteiger charge is 2.36. The minimum Gasteiger partial charge on any atom is -0.357 e. The lowest BCUT2D eigenvalue weighted by molar-refractivity contribution is -0.128. The topological polar surface area (TPSA) is 51.2 Å². The predicted octanol–water partition coefficient (Wildman–Crippen LogP) is 2.42. The van der Waals surface area contributed by atoms with Gasteiger partial charge in [0.1, 0.15) is 0 Å². The molecule has 2 fully saturated rings. The summed E-state index contributed by atoms with van der Waals surface area (Å²) in [6.45, 7) is 7.85. The highest BCUT2D eigenvalue weighted by Crippen LogP contribution is 2.31. The summed E-state index contributed by atoms with van der Waals surface area (Å²) in [6.07, 6.45) is 4.21. The number of rotatable bonds is 6. The Morgan fingerprint density at radius 1 is 1.21 bits per heavy atom. The molecule has 2 saturated heterocycles. The molecule has 0 aromatic heterocycles. The van der Waals surface area contributed by atoms with E-state index in [0.29, 0.717) is 24.9 Å². The van der Waals surface area contributed by atoms with E-state index in [4.69, 9.17) is 4.99 Å². The van der Waals surface area contributed by atoms with Crippen molar-refractivity contribution in [3.05, 3.63) is 35.9 Å². The van der Waals surface area contributed by atoms with Crippen molar-refractivity contribution in [3.63, 3.8) is 0 Å². The summed E-state index contributed by atoms with van der Waals surface area (Å²) in [5.74, 6) is 1.79. The van der Waals surface area contributed by atoms with Gasteiger partial charge in [-0.1, -0.05) is 30.3 Å². The van der Waals surface area contributed by atoms with Crippen LogP contribution in [-0.4, -0.2) is 79.4 Å². The van der Waals surface area contributed by atoms with E-state index in [0.717, 1.165) is 32.1 Å². The van der Waals surface area contributed by atoms with Crippen LogP contribution in [0, 0.1) is 5.92 Å². The number of guanidine groups is 1. The molecule has 0 spiro atoms. The average Bonchev–Trinajstić information content (AvgIpc) is 2.73. The SMILES string of the molecule is CCNC(=NCCC(=O)N(C)C)N1CCC2C(CCCN2Cc2ccccc2)C1. The molecule has 29 heavy (non-hydrogen) atoms. The number of hydrogen-bond acceptors (Lipinski definition) is 3. The molecule has 3 rings (SSSR count). The van der Waals surface area contributed by atoms with Gasteiger partial charge in [-0.25, -0.2) is 0 Å². The standard InChI is InChI=1S/C23H37N5O/c1-4-24-23(25-14-12-22(29)26(2)3)28-16-13-21-20(18-28)11-8-15-27(21)17-19-9-6-5-7-10-19/h5-7,9-10,20-21H,4,8,11-18H2,1-3H3,(H,24,25). The molecule has 1 aromatic rings. The molecule has 2 aliphatic heterocycles. The van der Waals surface area contributed by atoms with Crippen LogP contribution in [0.25, 0.3) is 0 Å². The molecule has 0 bridgehead atoms. The lowest BCUT2D eigenvalue weighted by Crippen LogP contribution is -2.56. The second-order valence-electron chi connectivity index (χ2n) is 8.43. The fourth-order valence-electron chi connectivity index (χ4n) is 4.62. The largest absolute Gasteiger partial charge is 0.357 e. The van der Waals surface area contributed by atoms with Crippen LogP contribution in [0.15, 0.2) is 35.3 Å². The average molecular weight is 400 g/mol. The zero-order valence-electron chi connectivity index (χ0n) is 18.3. The highest BCUT2D eigenvalue weighted by atomic mass is 16.2. The van der Waals surface area contributed by atoms with Crippen LogP contribution in [0.2, 0.25) is 0 Å². The fraction of sp³-hybridized carbons (Fsp3) is 0.652. The van der Waals surface area contributed by atoms with E-state index < -0.39 is 0 Å². The maximum absolute atomic E-state index is 11.8. The Balaban J connectivity index is 1.60. The quantitative estimate of drug-likeness (QED) is 0.590. The summed E-state index contributed by atoms with van der Waals surface area (Å²) in [5, 5.41) is 3.44. The molecule has 2 heterocycles. The zero-order valence-corrected chi connectivity index (χ0v) is 18.3. The first-order valence-corrected chi connectivity index (χ1v) is 11.1. The summed E-state index contributed by atoms with van der Waals surface area (Å²) in [7, 11) is 3.60. The molecular weight excluding hydrogens is 362 g/mol. The first kappa shape index (κ1) is 21.6. The number of carbonyl (C=O) groups excluding carboxylic acids is 1. The molecule has 2 unspecified atom stereocenters. The van der Waals surface area contributed by atoms with Gasteiger partial charge in [-0.2, -0.15) is 0 Å². The van der Waals surface area contributed by atoms with Crippen molar-refractivity contribution in [2.75, 3.05) is 46.8 Å². The van der Waals surface area contributed by atoms with E-state index in [1.165, 1.54) is 31.4 Å². The molecule has 6 nitrogen and oxygen atoms in total. The smallest absolute Gasteiger partial charge is 0.223 e. The van der Waals surface area contributed by atoms with Gasteiger partial charge in [-0.05, 0) is 44.2 Å². The Labute approximate surface area is 176 Å². The van der Waals surface area contributed by atoms with Crippen molar-refractivity contribution in [2.24, 2.45) is 10.9 Å². The number of carbonyl (C=O) groups is 1. The number of benzene rings is 1. The lowest BCUT2D eigenvalue weighted by atomic mass is 9.83. The summed E-state index contributed by atoms with van der Waals surface area (Å²) >= 11 is 0. The van der Waals surface area contributed by atoms with Crippen LogP contribution in [0.5, 0.6) is 0 Å². The van der Waals surface area contributed by atoms with Crippen LogP contribution in [0.3, 0.4) is 0 Å². The van der Waals surface area contributed by atoms with Crippen LogP contribution in [0.4, 0.5) is 0 Å². The fourth-order valence-corrected chi connectivity index (χ4v) is 4.62. The van der Waals surface area contributed by atoms with Crippen LogP contribution < -0.4 is 5.32 Å². The molecule has 2 atom stereocenters. The highest BCUT2D eigenvalue weighted by molar-refractivity contribution is 5.81. The second-order valence-corrected chi connectivity index (χ2v) is 8.43. The third kappa shape index (κ3) is 5.95. The van der Waals surface area contributed by atoms with Crippen LogP contribution in [0.1, 0.15) is 38.2 Å². The number of piperidine rings is 2. The minimum atomic E-state index is 0.132. The number of likely N-dealkylation sites (tertiary alicyclic amines) is 2. The summed E-state index contributed by atoms with van der Waals surface area (Å²) in [4.78, 5) is 23.3. The van der Waals surface area contributed by atoms with Crippen molar-refractivity contribution in [1.82, 2.24) is 20.0 Å². The van der Waals surface area contributed by atoms with Crippen molar-refractivity contribution in [3.8, 4) is 0 Å². The molecule has 1 amide bonds. The Kier molecular flexibility index (Phi) is 7.92. The Bertz CT molecular complexity index is 675. The predicted molar refractivity (Wildman–Crippen MR) is 119 cm³/mol. The van der Waals surface area contributed by atoms with E-state index in [1.54, 1.807) is 19.0 Å². The Morgan fingerprint density at radius 2 is 2.00 bits per heavy atom. The van der Waals surface area contributed by atoms with Gasteiger partial charge in [-0.3, -0.25) is 14.7 Å². The van der Waals surface area contributed by atoms with E-state index in [-0.39, 0.29) is 5.91 Å². The third-order valence-corrected chi connectivity index (χ3v) is 6.13. The van der Waals surface area contributed by atoms with Gasteiger partial charge in [-0.15, -0.1) is 0 Å². The van der Waals surface area contributed by atoms with Crippen molar-refractivity contribution >= 4 is 11.9 Å². The molecule has 160 valence electrons. The molecule has 0 radical (unpaired) electrons. The zero-order chi connectivity index (χ0) is 20.6. The van der Waals surface area contributed by atoms with Gasteiger partial charge in [0, 0.05) is 52.7 Å². The molecule has 1 N–H and O–H groups in total. The number of nitrogens with zero attached hydrogens (tertiary/aromatic N) is 4. The van der Waals surface area contributed by atoms with Crippen LogP contribution >= 0.6 is 0 Å². The van der Waals surface area contributed by atoms with Gasteiger partial charge < -0.3 is 15.1 Å². The Morgan fingerprint density at radius 3 is 2.72 bits per heavy atom. The van der Waals surface area contributed by atoms with Crippen molar-refractivity contribution < 1.29 is 4.79 Å². The van der Waals surface area contributed by atoms with E-state index in [2.05, 4.69) is 52.4 Å². The maximum Gasteiger partial charge on any atom is 0.223 e. The van der Waals surface area contributed by atoms with Crippen LogP contribution in [-0.2, 0) is 11.3 Å². The maximum atomic E-state index is 11.8. The minimum absolute atomic E-state index is 0.132. The van der Waals surface area contributed by atoms with E-state index in [9.17, 15) is 4.79 Å². The van der Waals surface area contributed by atoms with Gasteiger partial charge in [0.05, 0.1) is 6.54 Å². The number of hydrogen-bond donors (Lipinski definition) is 1. The van der Waals surface area contributed by atoms with Crippen molar-refractivity contribution in [1.29, 1.82) is 0 Å². The van der Waals surface area contributed by atoms with Gasteiger partial charge in [0.2, 0.25) is 5.91 Å². The first-order chi connectivity index (χ1) is 14.1. The van der Waals surface area contributed by atoms with Gasteiger partial charge in [0.15, 0.2) is 5.96 Å². The summed E-state index contributed by atoms with van der Waals surface area (Å²) in [5.41, 5.74) is 1.41. The van der Waals surface area contributed by atoms with Gasteiger partial charge >= 0.3 is 0 Å². The number of nitrogens with one attached hydrogen (secondary N) is 1. The normalized spacial score (nSPS) is 22.9. The summed E-state index contributed by atoms with van der Waals surface area (Å²) in [6, 6.07) is 11.5. The van der Waals surface area contributed by atoms with E-state index in [1.807, 2.05) is 0 Å². The third-order valence-electron chi connectivity index (χ3n) is 6.13. The molecular formula is C23H37N5O. The number of fused-ring (bicyclic) bond motifs is 1.